The number of hydrogen-bond donors (Lipinski definition) is 2. The predicted molar refractivity (Wildman–Crippen MR) is 71.9 cm³/mol. The number of carboxylic acids is 1. The third kappa shape index (κ3) is 2.87. The van der Waals surface area contributed by atoms with Crippen molar-refractivity contribution in [2.45, 2.75) is 12.5 Å². The molecule has 1 aliphatic carbocycles. The van der Waals surface area contributed by atoms with Crippen LogP contribution in [-0.2, 0) is 4.79 Å². The van der Waals surface area contributed by atoms with Gasteiger partial charge in [-0.3, -0.25) is 14.9 Å². The van der Waals surface area contributed by atoms with Gasteiger partial charge in [-0.25, -0.2) is 0 Å². The van der Waals surface area contributed by atoms with Gasteiger partial charge in [-0.2, -0.15) is 0 Å². The van der Waals surface area contributed by atoms with Crippen LogP contribution in [0.1, 0.15) is 6.42 Å². The van der Waals surface area contributed by atoms with Crippen LogP contribution in [0.25, 0.3) is 0 Å². The summed E-state index contributed by atoms with van der Waals surface area (Å²) in [5.41, 5.74) is 0.538. The molecule has 7 heteroatoms. The van der Waals surface area contributed by atoms with Gasteiger partial charge >= 0.3 is 11.7 Å². The van der Waals surface area contributed by atoms with Crippen LogP contribution in [0.2, 0.25) is 0 Å². The number of rotatable bonds is 5. The van der Waals surface area contributed by atoms with E-state index < -0.39 is 16.8 Å². The average molecular weight is 278 g/mol. The van der Waals surface area contributed by atoms with Gasteiger partial charge in [-0.15, -0.1) is 0 Å². The zero-order valence-electron chi connectivity index (χ0n) is 10.8. The highest BCUT2D eigenvalue weighted by molar-refractivity contribution is 5.73. The minimum Gasteiger partial charge on any atom is -0.490 e. The van der Waals surface area contributed by atoms with E-state index in [0.717, 1.165) is 0 Å². The maximum absolute atomic E-state index is 10.8. The van der Waals surface area contributed by atoms with Crippen molar-refractivity contribution in [2.24, 2.45) is 5.92 Å². The van der Waals surface area contributed by atoms with Crippen LogP contribution in [0.3, 0.4) is 0 Å². The third-order valence-electron chi connectivity index (χ3n) is 3.13. The highest BCUT2D eigenvalue weighted by atomic mass is 16.6. The lowest BCUT2D eigenvalue weighted by Gasteiger charge is -2.14. The first kappa shape index (κ1) is 13.9. The summed E-state index contributed by atoms with van der Waals surface area (Å²) in [7, 11) is 1.36. The Morgan fingerprint density at radius 1 is 1.50 bits per heavy atom. The Morgan fingerprint density at radius 2 is 2.25 bits per heavy atom. The summed E-state index contributed by atoms with van der Waals surface area (Å²) in [6.07, 6.45) is 3.88. The lowest BCUT2D eigenvalue weighted by molar-refractivity contribution is -0.385. The second-order valence-electron chi connectivity index (χ2n) is 4.46. The summed E-state index contributed by atoms with van der Waals surface area (Å²) >= 11 is 0. The molecule has 0 spiro atoms. The number of carbonyl (C=O) groups is 1. The van der Waals surface area contributed by atoms with Crippen molar-refractivity contribution in [3.63, 3.8) is 0 Å². The number of anilines is 1. The smallest absolute Gasteiger partial charge is 0.311 e. The lowest BCUT2D eigenvalue weighted by atomic mass is 10.1. The summed E-state index contributed by atoms with van der Waals surface area (Å²) in [5, 5.41) is 22.8. The molecule has 7 nitrogen and oxygen atoms in total. The van der Waals surface area contributed by atoms with Gasteiger partial charge in [-0.05, 0) is 12.5 Å². The molecule has 0 fully saturated rings. The molecule has 0 aromatic heterocycles. The quantitative estimate of drug-likeness (QED) is 0.485. The Balaban J connectivity index is 2.10. The molecule has 0 saturated carbocycles. The van der Waals surface area contributed by atoms with E-state index in [2.05, 4.69) is 5.32 Å². The fourth-order valence-electron chi connectivity index (χ4n) is 2.12. The molecule has 0 heterocycles. The van der Waals surface area contributed by atoms with Crippen molar-refractivity contribution >= 4 is 17.3 Å². The summed E-state index contributed by atoms with van der Waals surface area (Å²) in [5.74, 6) is -1.18. The van der Waals surface area contributed by atoms with Gasteiger partial charge in [0.15, 0.2) is 5.75 Å². The van der Waals surface area contributed by atoms with Crippen LogP contribution >= 0.6 is 0 Å². The van der Waals surface area contributed by atoms with Crippen LogP contribution in [0.15, 0.2) is 30.4 Å². The van der Waals surface area contributed by atoms with E-state index in [1.807, 2.05) is 0 Å². The summed E-state index contributed by atoms with van der Waals surface area (Å²) in [6.45, 7) is 0. The number of nitro groups is 1. The Hall–Kier alpha value is -2.57. The molecule has 106 valence electrons. The van der Waals surface area contributed by atoms with Gasteiger partial charge in [0.25, 0.3) is 0 Å². The molecular weight excluding hydrogens is 264 g/mol. The number of aliphatic carboxylic acids is 1. The molecule has 2 atom stereocenters. The molecule has 2 unspecified atom stereocenters. The molecule has 2 rings (SSSR count). The number of carboxylic acid groups (broad SMARTS) is 1. The second kappa shape index (κ2) is 5.60. The lowest BCUT2D eigenvalue weighted by Crippen LogP contribution is -2.18. The molecule has 0 amide bonds. The van der Waals surface area contributed by atoms with Crippen LogP contribution in [0.4, 0.5) is 11.4 Å². The van der Waals surface area contributed by atoms with Gasteiger partial charge in [-0.1, -0.05) is 12.2 Å². The third-order valence-corrected chi connectivity index (χ3v) is 3.13. The maximum atomic E-state index is 10.8. The van der Waals surface area contributed by atoms with Crippen LogP contribution in [0, 0.1) is 16.0 Å². The Labute approximate surface area is 115 Å². The Kier molecular flexibility index (Phi) is 3.88. The minimum atomic E-state index is -0.855. The average Bonchev–Trinajstić information content (AvgIpc) is 2.87. The predicted octanol–water partition coefficient (Wildman–Crippen LogP) is 2.04. The molecule has 0 saturated heterocycles. The zero-order chi connectivity index (χ0) is 14.7. The minimum absolute atomic E-state index is 0.108. The number of ether oxygens (including phenoxy) is 1. The summed E-state index contributed by atoms with van der Waals surface area (Å²) < 4.78 is 4.98. The number of nitro benzene ring substituents is 1. The zero-order valence-corrected chi connectivity index (χ0v) is 10.8. The number of benzene rings is 1. The van der Waals surface area contributed by atoms with Crippen molar-refractivity contribution in [3.05, 3.63) is 40.5 Å². The van der Waals surface area contributed by atoms with Crippen LogP contribution < -0.4 is 10.1 Å². The number of nitrogens with one attached hydrogen (secondary N) is 1. The standard InChI is InChI=1S/C13H14N2O5/c1-20-12-7-10(4-5-11(12)15(18)19)14-9-3-2-8(6-9)13(16)17/h2-5,7-9,14H,6H2,1H3,(H,16,17). The van der Waals surface area contributed by atoms with Crippen molar-refractivity contribution in [2.75, 3.05) is 12.4 Å². The first-order chi connectivity index (χ1) is 9.51. The van der Waals surface area contributed by atoms with Crippen LogP contribution in [0.5, 0.6) is 5.75 Å². The molecule has 1 aliphatic rings. The summed E-state index contributed by atoms with van der Waals surface area (Å²) in [6, 6.07) is 4.35. The van der Waals surface area contributed by atoms with Gasteiger partial charge < -0.3 is 15.2 Å². The molecule has 0 aliphatic heterocycles. The molecule has 1 aromatic carbocycles. The largest absolute Gasteiger partial charge is 0.490 e. The molecule has 2 N–H and O–H groups in total. The maximum Gasteiger partial charge on any atom is 0.311 e. The number of methoxy groups -OCH3 is 1. The van der Waals surface area contributed by atoms with Crippen molar-refractivity contribution < 1.29 is 19.6 Å². The van der Waals surface area contributed by atoms with E-state index in [9.17, 15) is 14.9 Å². The normalized spacial score (nSPS) is 20.6. The molecular formula is C13H14N2O5. The first-order valence-corrected chi connectivity index (χ1v) is 6.01. The fraction of sp³-hybridized carbons (Fsp3) is 0.308. The number of nitrogens with zero attached hydrogens (tertiary/aromatic N) is 1. The van der Waals surface area contributed by atoms with Gasteiger partial charge in [0.1, 0.15) is 0 Å². The Morgan fingerprint density at radius 3 is 2.80 bits per heavy atom. The van der Waals surface area contributed by atoms with Crippen LogP contribution in [-0.4, -0.2) is 29.2 Å². The fourth-order valence-corrected chi connectivity index (χ4v) is 2.12. The summed E-state index contributed by atoms with van der Waals surface area (Å²) in [4.78, 5) is 21.1. The van der Waals surface area contributed by atoms with Gasteiger partial charge in [0.05, 0.1) is 18.0 Å². The molecule has 0 bridgehead atoms. The highest BCUT2D eigenvalue weighted by Gasteiger charge is 2.24. The van der Waals surface area contributed by atoms with E-state index in [1.54, 1.807) is 18.2 Å². The van der Waals surface area contributed by atoms with Gasteiger partial charge in [0, 0.05) is 23.9 Å². The van der Waals surface area contributed by atoms with Crippen molar-refractivity contribution in [1.82, 2.24) is 0 Å². The SMILES string of the molecule is COc1cc(NC2C=CC(C(=O)O)C2)ccc1[N+](=O)[O-]. The molecule has 1 aromatic rings. The molecule has 0 radical (unpaired) electrons. The van der Waals surface area contributed by atoms with E-state index in [-0.39, 0.29) is 17.5 Å². The van der Waals surface area contributed by atoms with E-state index in [0.29, 0.717) is 12.1 Å². The first-order valence-electron chi connectivity index (χ1n) is 6.01. The van der Waals surface area contributed by atoms with E-state index >= 15 is 0 Å². The van der Waals surface area contributed by atoms with Crippen molar-refractivity contribution in [1.29, 1.82) is 0 Å². The van der Waals surface area contributed by atoms with Crippen molar-refractivity contribution in [3.8, 4) is 5.75 Å². The topological polar surface area (TPSA) is 102 Å². The molecule has 20 heavy (non-hydrogen) atoms. The number of hydrogen-bond acceptors (Lipinski definition) is 5. The van der Waals surface area contributed by atoms with E-state index in [1.165, 1.54) is 19.2 Å². The van der Waals surface area contributed by atoms with Gasteiger partial charge in [0.2, 0.25) is 0 Å². The second-order valence-corrected chi connectivity index (χ2v) is 4.46. The Bertz CT molecular complexity index is 570. The monoisotopic (exact) mass is 278 g/mol. The highest BCUT2D eigenvalue weighted by Crippen LogP contribution is 2.31. The van der Waals surface area contributed by atoms with E-state index in [4.69, 9.17) is 9.84 Å².